The Kier molecular flexibility index (Phi) is 4.53. The molecule has 1 heterocycles. The van der Waals surface area contributed by atoms with E-state index in [1.807, 2.05) is 0 Å². The van der Waals surface area contributed by atoms with E-state index in [9.17, 15) is 14.4 Å². The number of hydrogen-bond donors (Lipinski definition) is 3. The zero-order valence-corrected chi connectivity index (χ0v) is 16.2. The van der Waals surface area contributed by atoms with Gasteiger partial charge in [-0.25, -0.2) is 4.98 Å². The average Bonchev–Trinajstić information content (AvgIpc) is 3.29. The summed E-state index contributed by atoms with van der Waals surface area (Å²) in [5.41, 5.74) is 5.20. The number of allylic oxidation sites excluding steroid dienone is 2. The van der Waals surface area contributed by atoms with E-state index in [1.165, 1.54) is 0 Å². The smallest absolute Gasteiger partial charge is 0.230 e. The minimum atomic E-state index is -0.461. The van der Waals surface area contributed by atoms with Crippen LogP contribution in [0.5, 0.6) is 0 Å². The van der Waals surface area contributed by atoms with Crippen LogP contribution < -0.4 is 16.4 Å². The van der Waals surface area contributed by atoms with Gasteiger partial charge >= 0.3 is 0 Å². The summed E-state index contributed by atoms with van der Waals surface area (Å²) >= 11 is 3.32. The predicted molar refractivity (Wildman–Crippen MR) is 102 cm³/mol. The Labute approximate surface area is 165 Å². The summed E-state index contributed by atoms with van der Waals surface area (Å²) in [6, 6.07) is 3.53. The molecule has 0 unspecified atom stereocenters. The first-order valence-corrected chi connectivity index (χ1v) is 9.88. The Morgan fingerprint density at radius 1 is 1.15 bits per heavy atom. The van der Waals surface area contributed by atoms with Crippen molar-refractivity contribution in [2.45, 2.75) is 19.3 Å². The highest BCUT2D eigenvalue weighted by molar-refractivity contribution is 9.10. The van der Waals surface area contributed by atoms with Crippen molar-refractivity contribution < 1.29 is 14.4 Å². The van der Waals surface area contributed by atoms with Gasteiger partial charge in [0.15, 0.2) is 0 Å². The van der Waals surface area contributed by atoms with Crippen LogP contribution in [-0.2, 0) is 14.4 Å². The fraction of sp³-hybridized carbons (Fsp3) is 0.474. The van der Waals surface area contributed by atoms with Gasteiger partial charge in [0.1, 0.15) is 5.82 Å². The Hall–Kier alpha value is -2.22. The number of nitrogens with two attached hydrogens (primary N) is 1. The topological polar surface area (TPSA) is 114 Å². The maximum absolute atomic E-state index is 13.1. The zero-order chi connectivity index (χ0) is 19.2. The Morgan fingerprint density at radius 2 is 1.81 bits per heavy atom. The number of pyridine rings is 1. The molecule has 1 spiro atoms. The van der Waals surface area contributed by atoms with Crippen LogP contribution in [0.1, 0.15) is 19.3 Å². The van der Waals surface area contributed by atoms with Crippen molar-refractivity contribution in [1.82, 2.24) is 10.3 Å². The number of carbonyl (C=O) groups is 3. The van der Waals surface area contributed by atoms with E-state index < -0.39 is 17.7 Å². The number of aromatic nitrogens is 1. The normalized spacial score (nSPS) is 28.9. The summed E-state index contributed by atoms with van der Waals surface area (Å²) < 4.78 is 0.826. The van der Waals surface area contributed by atoms with Gasteiger partial charge in [0.25, 0.3) is 0 Å². The van der Waals surface area contributed by atoms with E-state index >= 15 is 0 Å². The summed E-state index contributed by atoms with van der Waals surface area (Å²) in [5, 5.41) is 5.65. The average molecular weight is 433 g/mol. The number of amides is 3. The third kappa shape index (κ3) is 3.16. The van der Waals surface area contributed by atoms with E-state index in [0.29, 0.717) is 5.82 Å². The molecule has 2 saturated carbocycles. The molecule has 0 saturated heterocycles. The van der Waals surface area contributed by atoms with Gasteiger partial charge in [-0.2, -0.15) is 0 Å². The largest absolute Gasteiger partial charge is 0.370 e. The number of nitrogens with zero attached hydrogens (tertiary/aromatic N) is 1. The van der Waals surface area contributed by atoms with E-state index in [1.54, 1.807) is 18.3 Å². The first-order valence-electron chi connectivity index (χ1n) is 9.09. The number of hydrogen-bond acceptors (Lipinski definition) is 4. The van der Waals surface area contributed by atoms with Gasteiger partial charge in [-0.15, -0.1) is 0 Å². The summed E-state index contributed by atoms with van der Waals surface area (Å²) in [6.07, 6.45) is 7.99. The van der Waals surface area contributed by atoms with Crippen LogP contribution in [0.4, 0.5) is 5.82 Å². The molecule has 0 aliphatic heterocycles. The van der Waals surface area contributed by atoms with Crippen molar-refractivity contribution in [2.24, 2.45) is 34.8 Å². The van der Waals surface area contributed by atoms with Crippen LogP contribution >= 0.6 is 15.9 Å². The molecule has 142 valence electrons. The molecule has 4 atom stereocenters. The zero-order valence-electron chi connectivity index (χ0n) is 14.7. The molecule has 8 heteroatoms. The summed E-state index contributed by atoms with van der Waals surface area (Å²) in [5.74, 6) is -1.06. The van der Waals surface area contributed by atoms with E-state index in [-0.39, 0.29) is 42.0 Å². The third-order valence-corrected chi connectivity index (χ3v) is 6.57. The van der Waals surface area contributed by atoms with Gasteiger partial charge in [-0.3, -0.25) is 14.4 Å². The van der Waals surface area contributed by atoms with Crippen LogP contribution in [0.3, 0.4) is 0 Å². The minimum Gasteiger partial charge on any atom is -0.370 e. The summed E-state index contributed by atoms with van der Waals surface area (Å²) in [4.78, 5) is 41.0. The Morgan fingerprint density at radius 3 is 2.37 bits per heavy atom. The quantitative estimate of drug-likeness (QED) is 0.592. The van der Waals surface area contributed by atoms with E-state index in [2.05, 4.69) is 43.7 Å². The maximum Gasteiger partial charge on any atom is 0.230 e. The third-order valence-electron chi connectivity index (χ3n) is 6.10. The summed E-state index contributed by atoms with van der Waals surface area (Å²) in [6.45, 7) is 0.196. The van der Waals surface area contributed by atoms with Crippen LogP contribution in [0.25, 0.3) is 0 Å². The highest BCUT2D eigenvalue weighted by Gasteiger charge is 2.69. The molecule has 2 bridgehead atoms. The molecular weight excluding hydrogens is 412 g/mol. The lowest BCUT2D eigenvalue weighted by molar-refractivity contribution is -0.133. The van der Waals surface area contributed by atoms with Crippen molar-refractivity contribution >= 4 is 39.5 Å². The molecule has 27 heavy (non-hydrogen) atoms. The van der Waals surface area contributed by atoms with Crippen molar-refractivity contribution in [2.75, 3.05) is 11.9 Å². The van der Waals surface area contributed by atoms with Crippen molar-refractivity contribution in [3.05, 3.63) is 35.0 Å². The van der Waals surface area contributed by atoms with Gasteiger partial charge in [0.2, 0.25) is 17.7 Å². The lowest BCUT2D eigenvalue weighted by Crippen LogP contribution is -2.42. The monoisotopic (exact) mass is 432 g/mol. The molecule has 4 rings (SSSR count). The number of halogens is 1. The van der Waals surface area contributed by atoms with Crippen molar-refractivity contribution in [3.63, 3.8) is 0 Å². The first-order chi connectivity index (χ1) is 12.9. The Balaban J connectivity index is 1.52. The summed E-state index contributed by atoms with van der Waals surface area (Å²) in [7, 11) is 0. The molecular formula is C19H21BrN4O3. The Bertz CT molecular complexity index is 819. The van der Waals surface area contributed by atoms with Gasteiger partial charge in [-0.05, 0) is 58.2 Å². The molecule has 1 aromatic heterocycles. The number of rotatable bonds is 6. The van der Waals surface area contributed by atoms with Crippen molar-refractivity contribution in [3.8, 4) is 0 Å². The molecule has 0 aromatic carbocycles. The lowest BCUT2D eigenvalue weighted by Gasteiger charge is -2.26. The number of primary amides is 1. The van der Waals surface area contributed by atoms with Gasteiger partial charge < -0.3 is 16.4 Å². The van der Waals surface area contributed by atoms with Crippen LogP contribution in [0, 0.1) is 29.1 Å². The molecule has 3 aliphatic rings. The number of carbonyl (C=O) groups excluding carboxylic acids is 3. The fourth-order valence-corrected chi connectivity index (χ4v) is 5.03. The first kappa shape index (κ1) is 18.2. The van der Waals surface area contributed by atoms with Gasteiger partial charge in [-0.1, -0.05) is 12.2 Å². The number of nitrogens with one attached hydrogen (secondary N) is 2. The minimum absolute atomic E-state index is 0.0564. The van der Waals surface area contributed by atoms with Crippen LogP contribution in [0.2, 0.25) is 0 Å². The second-order valence-corrected chi connectivity index (χ2v) is 8.50. The lowest BCUT2D eigenvalue weighted by atomic mass is 9.81. The van der Waals surface area contributed by atoms with Crippen LogP contribution in [0.15, 0.2) is 35.0 Å². The molecule has 2 fully saturated rings. The maximum atomic E-state index is 13.1. The van der Waals surface area contributed by atoms with Gasteiger partial charge in [0.05, 0.1) is 11.8 Å². The second kappa shape index (κ2) is 6.74. The van der Waals surface area contributed by atoms with Crippen molar-refractivity contribution in [1.29, 1.82) is 0 Å². The standard InChI is InChI=1S/C19H21BrN4O3/c20-10-1-4-14(23-9-10)24-18(27)16-12-3-2-11(19(12)6-7-19)15(16)17(26)22-8-5-13(21)25/h1-4,9,11-12,15-16H,5-8H2,(H2,21,25)(H,22,26)(H,23,24,27)/t11-,12-,15-,16-/m1/s1. The highest BCUT2D eigenvalue weighted by atomic mass is 79.9. The van der Waals surface area contributed by atoms with E-state index in [4.69, 9.17) is 5.73 Å². The molecule has 0 radical (unpaired) electrons. The van der Waals surface area contributed by atoms with E-state index in [0.717, 1.165) is 17.3 Å². The molecule has 1 aromatic rings. The highest BCUT2D eigenvalue weighted by Crippen LogP contribution is 2.72. The fourth-order valence-electron chi connectivity index (χ4n) is 4.80. The second-order valence-electron chi connectivity index (χ2n) is 7.58. The van der Waals surface area contributed by atoms with Gasteiger partial charge in [0, 0.05) is 23.6 Å². The molecule has 4 N–H and O–H groups in total. The predicted octanol–water partition coefficient (Wildman–Crippen LogP) is 1.60. The molecule has 7 nitrogen and oxygen atoms in total. The van der Waals surface area contributed by atoms with Crippen LogP contribution in [-0.4, -0.2) is 29.3 Å². The molecule has 3 aliphatic carbocycles. The molecule has 3 amide bonds. The number of anilines is 1. The SMILES string of the molecule is NC(=O)CCNC(=O)[C@H]1[C@H](C(=O)Nc2ccc(Br)cn2)[C@H]2C=C[C@H]1C21CC1.